The Kier molecular flexibility index (Phi) is 4.21. The molecular formula is C19H16N6O2S. The lowest BCUT2D eigenvalue weighted by Crippen LogP contribution is -2.49. The van der Waals surface area contributed by atoms with Gasteiger partial charge in [-0.3, -0.25) is 9.78 Å². The molecule has 1 saturated heterocycles. The zero-order valence-corrected chi connectivity index (χ0v) is 15.7. The number of aromatic nitrogens is 4. The summed E-state index contributed by atoms with van der Waals surface area (Å²) in [4.78, 5) is 25.1. The molecule has 0 atom stereocenters. The number of anilines is 1. The molecule has 0 bridgehead atoms. The van der Waals surface area contributed by atoms with E-state index in [0.717, 1.165) is 11.2 Å². The summed E-state index contributed by atoms with van der Waals surface area (Å²) >= 11 is 1.50. The summed E-state index contributed by atoms with van der Waals surface area (Å²) in [5.74, 6) is 1.05. The smallest absolute Gasteiger partial charge is 0.316 e. The van der Waals surface area contributed by atoms with Crippen molar-refractivity contribution in [3.05, 3.63) is 54.6 Å². The topological polar surface area (TPSA) is 88.2 Å². The highest BCUT2D eigenvalue weighted by atomic mass is 32.1. The molecule has 4 aromatic rings. The molecule has 1 aliphatic heterocycles. The van der Waals surface area contributed by atoms with Crippen LogP contribution < -0.4 is 4.90 Å². The molecule has 1 fully saturated rings. The summed E-state index contributed by atoms with van der Waals surface area (Å²) in [5, 5.41) is 5.03. The highest BCUT2D eigenvalue weighted by Crippen LogP contribution is 2.30. The number of amides is 1. The molecule has 9 heteroatoms. The zero-order valence-electron chi connectivity index (χ0n) is 14.9. The minimum absolute atomic E-state index is 0.00629. The van der Waals surface area contributed by atoms with E-state index in [1.165, 1.54) is 16.2 Å². The molecule has 0 aliphatic carbocycles. The van der Waals surface area contributed by atoms with Crippen molar-refractivity contribution in [3.8, 4) is 11.5 Å². The van der Waals surface area contributed by atoms with E-state index in [9.17, 15) is 4.79 Å². The fraction of sp³-hybridized carbons (Fsp3) is 0.211. The van der Waals surface area contributed by atoms with E-state index < -0.39 is 0 Å². The highest BCUT2D eigenvalue weighted by molar-refractivity contribution is 7.13. The number of nitrogens with zero attached hydrogens (tertiary/aromatic N) is 6. The second-order valence-corrected chi connectivity index (χ2v) is 7.22. The Balaban J connectivity index is 1.28. The van der Waals surface area contributed by atoms with Crippen molar-refractivity contribution in [2.75, 3.05) is 31.1 Å². The van der Waals surface area contributed by atoms with Gasteiger partial charge in [-0.15, -0.1) is 0 Å². The van der Waals surface area contributed by atoms with Crippen LogP contribution in [0.15, 0.2) is 53.2 Å². The van der Waals surface area contributed by atoms with Crippen LogP contribution in [0, 0.1) is 0 Å². The monoisotopic (exact) mass is 392 g/mol. The molecule has 0 unspecified atom stereocenters. The van der Waals surface area contributed by atoms with Crippen LogP contribution in [-0.2, 0) is 0 Å². The predicted octanol–water partition coefficient (Wildman–Crippen LogP) is 2.70. The lowest BCUT2D eigenvalue weighted by molar-refractivity contribution is 0.0696. The summed E-state index contributed by atoms with van der Waals surface area (Å²) in [6, 6.07) is 13.6. The highest BCUT2D eigenvalue weighted by Gasteiger charge is 2.28. The van der Waals surface area contributed by atoms with Gasteiger partial charge in [0.25, 0.3) is 0 Å². The molecular weight excluding hydrogens is 376 g/mol. The van der Waals surface area contributed by atoms with E-state index in [0.29, 0.717) is 37.7 Å². The maximum Gasteiger partial charge on any atom is 0.316 e. The average molecular weight is 392 g/mol. The van der Waals surface area contributed by atoms with E-state index in [2.05, 4.69) is 36.5 Å². The maximum absolute atomic E-state index is 12.7. The largest absolute Gasteiger partial charge is 0.352 e. The molecule has 0 radical (unpaired) electrons. The van der Waals surface area contributed by atoms with Gasteiger partial charge in [0, 0.05) is 37.8 Å². The van der Waals surface area contributed by atoms with Crippen molar-refractivity contribution in [3.63, 3.8) is 0 Å². The lowest BCUT2D eigenvalue weighted by atomic mass is 10.2. The minimum atomic E-state index is -0.252. The number of fused-ring (bicyclic) bond motifs is 1. The van der Waals surface area contributed by atoms with Gasteiger partial charge in [0.2, 0.25) is 5.82 Å². The van der Waals surface area contributed by atoms with Gasteiger partial charge in [0.05, 0.1) is 4.70 Å². The van der Waals surface area contributed by atoms with Crippen LogP contribution >= 0.6 is 11.5 Å². The number of piperazine rings is 1. The van der Waals surface area contributed by atoms with E-state index >= 15 is 0 Å². The van der Waals surface area contributed by atoms with Crippen molar-refractivity contribution >= 4 is 33.3 Å². The SMILES string of the molecule is O=C(c1nc(-c2ccccn2)no1)N1CCN(c2nsc3ccccc23)CC1. The molecule has 8 nitrogen and oxygen atoms in total. The molecule has 0 spiro atoms. The van der Waals surface area contributed by atoms with Crippen LogP contribution in [0.25, 0.3) is 21.6 Å². The first-order valence-electron chi connectivity index (χ1n) is 8.93. The van der Waals surface area contributed by atoms with E-state index in [1.54, 1.807) is 23.2 Å². The van der Waals surface area contributed by atoms with Gasteiger partial charge < -0.3 is 14.3 Å². The summed E-state index contributed by atoms with van der Waals surface area (Å²) in [6.07, 6.45) is 1.65. The Hall–Kier alpha value is -3.33. The number of pyridine rings is 1. The molecule has 140 valence electrons. The van der Waals surface area contributed by atoms with Crippen molar-refractivity contribution in [1.82, 2.24) is 24.4 Å². The molecule has 1 amide bonds. The van der Waals surface area contributed by atoms with Gasteiger partial charge in [0.15, 0.2) is 0 Å². The summed E-state index contributed by atoms with van der Waals surface area (Å²) in [5.41, 5.74) is 0.575. The van der Waals surface area contributed by atoms with Crippen LogP contribution in [0.3, 0.4) is 0 Å². The minimum Gasteiger partial charge on any atom is -0.352 e. The molecule has 3 aromatic heterocycles. The van der Waals surface area contributed by atoms with E-state index in [1.807, 2.05) is 18.2 Å². The first-order valence-corrected chi connectivity index (χ1v) is 9.71. The van der Waals surface area contributed by atoms with Crippen LogP contribution in [-0.4, -0.2) is 56.5 Å². The summed E-state index contributed by atoms with van der Waals surface area (Å²) in [7, 11) is 0. The molecule has 0 N–H and O–H groups in total. The van der Waals surface area contributed by atoms with Crippen LogP contribution in [0.2, 0.25) is 0 Å². The van der Waals surface area contributed by atoms with Crippen molar-refractivity contribution < 1.29 is 9.32 Å². The van der Waals surface area contributed by atoms with Crippen molar-refractivity contribution in [2.45, 2.75) is 0 Å². The third-order valence-corrected chi connectivity index (χ3v) is 5.54. The third kappa shape index (κ3) is 2.99. The molecule has 28 heavy (non-hydrogen) atoms. The lowest BCUT2D eigenvalue weighted by Gasteiger charge is -2.34. The molecule has 1 aliphatic rings. The fourth-order valence-corrected chi connectivity index (χ4v) is 4.06. The second kappa shape index (κ2) is 7.01. The number of carbonyl (C=O) groups is 1. The van der Waals surface area contributed by atoms with Crippen LogP contribution in [0.1, 0.15) is 10.7 Å². The Morgan fingerprint density at radius 1 is 1.04 bits per heavy atom. The summed E-state index contributed by atoms with van der Waals surface area (Å²) < 4.78 is 10.9. The Morgan fingerprint density at radius 2 is 1.86 bits per heavy atom. The maximum atomic E-state index is 12.7. The van der Waals surface area contributed by atoms with Gasteiger partial charge in [-0.1, -0.05) is 23.4 Å². The Morgan fingerprint density at radius 3 is 2.68 bits per heavy atom. The van der Waals surface area contributed by atoms with E-state index in [4.69, 9.17) is 4.52 Å². The quantitative estimate of drug-likeness (QED) is 0.530. The summed E-state index contributed by atoms with van der Waals surface area (Å²) in [6.45, 7) is 2.57. The number of benzene rings is 1. The van der Waals surface area contributed by atoms with Gasteiger partial charge >= 0.3 is 11.8 Å². The standard InChI is InChI=1S/C19H16N6O2S/c26-19(18-21-16(22-27-18)14-6-3-4-8-20-14)25-11-9-24(10-12-25)17-13-5-1-2-7-15(13)28-23-17/h1-8H,9-12H2. The Labute approximate surface area is 164 Å². The van der Waals surface area contributed by atoms with Gasteiger partial charge in [-0.05, 0) is 35.8 Å². The second-order valence-electron chi connectivity index (χ2n) is 6.42. The van der Waals surface area contributed by atoms with Crippen molar-refractivity contribution in [1.29, 1.82) is 0 Å². The van der Waals surface area contributed by atoms with Gasteiger partial charge in [0.1, 0.15) is 11.5 Å². The molecule has 4 heterocycles. The molecule has 0 saturated carbocycles. The normalized spacial score (nSPS) is 14.6. The average Bonchev–Trinajstić information content (AvgIpc) is 3.42. The Bertz CT molecular complexity index is 1120. The third-order valence-electron chi connectivity index (χ3n) is 4.73. The van der Waals surface area contributed by atoms with Crippen molar-refractivity contribution in [2.24, 2.45) is 0 Å². The van der Waals surface area contributed by atoms with Crippen LogP contribution in [0.5, 0.6) is 0 Å². The zero-order chi connectivity index (χ0) is 18.9. The van der Waals surface area contributed by atoms with Crippen LogP contribution in [0.4, 0.5) is 5.82 Å². The first-order chi connectivity index (χ1) is 13.8. The van der Waals surface area contributed by atoms with Gasteiger partial charge in [-0.25, -0.2) is 0 Å². The fourth-order valence-electron chi connectivity index (χ4n) is 3.27. The predicted molar refractivity (Wildman–Crippen MR) is 105 cm³/mol. The molecule has 1 aromatic carbocycles. The van der Waals surface area contributed by atoms with Gasteiger partial charge in [-0.2, -0.15) is 9.36 Å². The number of hydrogen-bond acceptors (Lipinski definition) is 8. The molecule has 5 rings (SSSR count). The first kappa shape index (κ1) is 16.8. The number of rotatable bonds is 3. The number of hydrogen-bond donors (Lipinski definition) is 0. The van der Waals surface area contributed by atoms with E-state index in [-0.39, 0.29) is 11.8 Å². The number of carbonyl (C=O) groups excluding carboxylic acids is 1.